The zero-order chi connectivity index (χ0) is 16.7. The number of rotatable bonds is 3. The van der Waals surface area contributed by atoms with Crippen LogP contribution in [-0.2, 0) is 17.8 Å². The van der Waals surface area contributed by atoms with Crippen molar-refractivity contribution in [3.05, 3.63) is 34.9 Å². The average molecular weight is 327 g/mol. The summed E-state index contributed by atoms with van der Waals surface area (Å²) in [5.41, 5.74) is 2.50. The molecule has 128 valence electrons. The summed E-state index contributed by atoms with van der Waals surface area (Å²) in [7, 11) is 0. The summed E-state index contributed by atoms with van der Waals surface area (Å²) in [6, 6.07) is 5.31. The molecule has 1 aromatic rings. The molecule has 2 unspecified atom stereocenters. The van der Waals surface area contributed by atoms with E-state index in [1.54, 1.807) is 12.1 Å². The highest BCUT2D eigenvalue weighted by Crippen LogP contribution is 2.50. The van der Waals surface area contributed by atoms with E-state index in [9.17, 15) is 9.59 Å². The van der Waals surface area contributed by atoms with Crippen LogP contribution < -0.4 is 0 Å². The number of hydrogen-bond donors (Lipinski definition) is 1. The van der Waals surface area contributed by atoms with Gasteiger partial charge in [0.1, 0.15) is 0 Å². The van der Waals surface area contributed by atoms with Crippen molar-refractivity contribution < 1.29 is 14.7 Å². The van der Waals surface area contributed by atoms with Crippen LogP contribution in [0.25, 0.3) is 0 Å². The highest BCUT2D eigenvalue weighted by Gasteiger charge is 2.48. The van der Waals surface area contributed by atoms with E-state index < -0.39 is 5.97 Å². The van der Waals surface area contributed by atoms with E-state index in [-0.39, 0.29) is 5.92 Å². The van der Waals surface area contributed by atoms with Gasteiger partial charge in [-0.15, -0.1) is 0 Å². The number of hydrogen-bond acceptors (Lipinski definition) is 2. The zero-order valence-electron chi connectivity index (χ0n) is 14.0. The number of benzene rings is 1. The van der Waals surface area contributed by atoms with Gasteiger partial charge < -0.3 is 10.0 Å². The van der Waals surface area contributed by atoms with Gasteiger partial charge >= 0.3 is 5.97 Å². The molecule has 4 rings (SSSR count). The molecule has 0 radical (unpaired) electrons. The minimum atomic E-state index is -0.902. The van der Waals surface area contributed by atoms with Crippen molar-refractivity contribution in [3.63, 3.8) is 0 Å². The van der Waals surface area contributed by atoms with E-state index in [4.69, 9.17) is 5.11 Å². The Balaban J connectivity index is 1.42. The second-order valence-corrected chi connectivity index (χ2v) is 7.70. The monoisotopic (exact) mass is 327 g/mol. The summed E-state index contributed by atoms with van der Waals surface area (Å²) in [4.78, 5) is 26.0. The maximum atomic E-state index is 12.9. The van der Waals surface area contributed by atoms with Gasteiger partial charge in [-0.25, -0.2) is 4.79 Å². The van der Waals surface area contributed by atoms with Crippen LogP contribution in [0.5, 0.6) is 0 Å². The van der Waals surface area contributed by atoms with E-state index in [1.807, 2.05) is 11.0 Å². The molecule has 4 nitrogen and oxygen atoms in total. The third-order valence-corrected chi connectivity index (χ3v) is 6.19. The molecule has 2 atom stereocenters. The Labute approximate surface area is 142 Å². The first-order valence-corrected chi connectivity index (χ1v) is 9.27. The average Bonchev–Trinajstić information content (AvgIpc) is 3.41. The van der Waals surface area contributed by atoms with E-state index in [2.05, 4.69) is 0 Å². The number of amides is 1. The molecule has 0 bridgehead atoms. The summed E-state index contributed by atoms with van der Waals surface area (Å²) in [5.74, 6) is 1.02. The lowest BCUT2D eigenvalue weighted by Gasteiger charge is -2.30. The molecule has 2 fully saturated rings. The van der Waals surface area contributed by atoms with Gasteiger partial charge in [-0.3, -0.25) is 4.79 Å². The minimum absolute atomic E-state index is 0.234. The molecule has 1 N–H and O–H groups in total. The van der Waals surface area contributed by atoms with Gasteiger partial charge in [-0.1, -0.05) is 38.2 Å². The second-order valence-electron chi connectivity index (χ2n) is 7.70. The largest absolute Gasteiger partial charge is 0.478 e. The molecule has 1 amide bonds. The molecule has 0 saturated heterocycles. The maximum absolute atomic E-state index is 12.9. The topological polar surface area (TPSA) is 57.6 Å². The highest BCUT2D eigenvalue weighted by molar-refractivity contribution is 5.88. The van der Waals surface area contributed by atoms with E-state index in [1.165, 1.54) is 37.7 Å². The first-order chi connectivity index (χ1) is 11.6. The van der Waals surface area contributed by atoms with Crippen LogP contribution in [0.3, 0.4) is 0 Å². The van der Waals surface area contributed by atoms with Crippen molar-refractivity contribution >= 4 is 11.9 Å². The Kier molecular flexibility index (Phi) is 4.07. The molecular formula is C20H25NO3. The van der Waals surface area contributed by atoms with Crippen molar-refractivity contribution in [2.24, 2.45) is 17.8 Å². The summed E-state index contributed by atoms with van der Waals surface area (Å²) in [6.45, 7) is 1.34. The van der Waals surface area contributed by atoms with Gasteiger partial charge in [0.05, 0.1) is 5.56 Å². The third kappa shape index (κ3) is 2.94. The number of fused-ring (bicyclic) bond motifs is 1. The second kappa shape index (κ2) is 6.23. The summed E-state index contributed by atoms with van der Waals surface area (Å²) >= 11 is 0. The Morgan fingerprint density at radius 2 is 1.88 bits per heavy atom. The van der Waals surface area contributed by atoms with Crippen LogP contribution in [0.4, 0.5) is 0 Å². The molecule has 1 heterocycles. The Morgan fingerprint density at radius 1 is 1.08 bits per heavy atom. The van der Waals surface area contributed by atoms with Crippen molar-refractivity contribution in [1.29, 1.82) is 0 Å². The number of carboxylic acids is 1. The van der Waals surface area contributed by atoms with Gasteiger partial charge in [-0.05, 0) is 47.9 Å². The molecule has 3 aliphatic rings. The number of carbonyl (C=O) groups is 2. The van der Waals surface area contributed by atoms with Crippen molar-refractivity contribution in [2.45, 2.75) is 51.5 Å². The lowest BCUT2D eigenvalue weighted by atomic mass is 9.85. The molecule has 4 heteroatoms. The van der Waals surface area contributed by atoms with Gasteiger partial charge in [0.25, 0.3) is 0 Å². The normalized spacial score (nSPS) is 26.8. The quantitative estimate of drug-likeness (QED) is 0.924. The first kappa shape index (κ1) is 15.7. The predicted octanol–water partition coefficient (Wildman–Crippen LogP) is 3.49. The van der Waals surface area contributed by atoms with E-state index in [0.29, 0.717) is 23.9 Å². The van der Waals surface area contributed by atoms with Crippen molar-refractivity contribution in [1.82, 2.24) is 4.90 Å². The fourth-order valence-corrected chi connectivity index (χ4v) is 4.69. The van der Waals surface area contributed by atoms with Gasteiger partial charge in [0, 0.05) is 19.0 Å². The molecule has 1 aliphatic heterocycles. The van der Waals surface area contributed by atoms with E-state index in [0.717, 1.165) is 30.9 Å². The van der Waals surface area contributed by atoms with Crippen molar-refractivity contribution in [2.75, 3.05) is 6.54 Å². The number of carbonyl (C=O) groups excluding carboxylic acids is 1. The number of aromatic carboxylic acids is 1. The standard InChI is InChI=1S/C20H25NO3/c22-19(18-11-17(18)14-4-2-1-3-5-14)21-9-8-13-6-7-15(20(23)24)10-16(13)12-21/h6-7,10,14,17-18H,1-5,8-9,11-12H2,(H,23,24). The minimum Gasteiger partial charge on any atom is -0.478 e. The molecule has 0 aromatic heterocycles. The van der Waals surface area contributed by atoms with Crippen LogP contribution >= 0.6 is 0 Å². The molecule has 0 spiro atoms. The number of carboxylic acid groups (broad SMARTS) is 1. The third-order valence-electron chi connectivity index (χ3n) is 6.19. The Morgan fingerprint density at radius 3 is 2.62 bits per heavy atom. The van der Waals surface area contributed by atoms with Gasteiger partial charge in [0.2, 0.25) is 5.91 Å². The molecular weight excluding hydrogens is 302 g/mol. The molecule has 2 saturated carbocycles. The van der Waals surface area contributed by atoms with Crippen LogP contribution in [0.1, 0.15) is 60.0 Å². The molecule has 1 aromatic carbocycles. The fourth-order valence-electron chi connectivity index (χ4n) is 4.69. The molecule has 2 aliphatic carbocycles. The predicted molar refractivity (Wildman–Crippen MR) is 90.7 cm³/mol. The van der Waals surface area contributed by atoms with E-state index >= 15 is 0 Å². The summed E-state index contributed by atoms with van der Waals surface area (Å²) in [5, 5.41) is 9.16. The lowest BCUT2D eigenvalue weighted by molar-refractivity contribution is -0.134. The zero-order valence-corrected chi connectivity index (χ0v) is 14.0. The van der Waals surface area contributed by atoms with Crippen LogP contribution in [0.15, 0.2) is 18.2 Å². The van der Waals surface area contributed by atoms with Gasteiger partial charge in [-0.2, -0.15) is 0 Å². The fraction of sp³-hybridized carbons (Fsp3) is 0.600. The Bertz CT molecular complexity index is 663. The highest BCUT2D eigenvalue weighted by atomic mass is 16.4. The molecule has 24 heavy (non-hydrogen) atoms. The maximum Gasteiger partial charge on any atom is 0.335 e. The first-order valence-electron chi connectivity index (χ1n) is 9.27. The van der Waals surface area contributed by atoms with Crippen LogP contribution in [0, 0.1) is 17.8 Å². The van der Waals surface area contributed by atoms with Crippen LogP contribution in [0.2, 0.25) is 0 Å². The smallest absolute Gasteiger partial charge is 0.335 e. The van der Waals surface area contributed by atoms with Gasteiger partial charge in [0.15, 0.2) is 0 Å². The summed E-state index contributed by atoms with van der Waals surface area (Å²) < 4.78 is 0. The lowest BCUT2D eigenvalue weighted by Crippen LogP contribution is -2.37. The Hall–Kier alpha value is -1.84. The van der Waals surface area contributed by atoms with Crippen molar-refractivity contribution in [3.8, 4) is 0 Å². The summed E-state index contributed by atoms with van der Waals surface area (Å²) in [6.07, 6.45) is 8.53. The van der Waals surface area contributed by atoms with Crippen LogP contribution in [-0.4, -0.2) is 28.4 Å². The SMILES string of the molecule is O=C(O)c1ccc2c(c1)CN(C(=O)C1CC1C1CCCCC1)CC2. The number of nitrogens with zero attached hydrogens (tertiary/aromatic N) is 1.